The number of rotatable bonds is 8. The number of amides is 1. The van der Waals surface area contributed by atoms with Crippen molar-refractivity contribution in [1.29, 1.82) is 0 Å². The average Bonchev–Trinajstić information content (AvgIpc) is 2.44. The minimum atomic E-state index is -3.47. The highest BCUT2D eigenvalue weighted by atomic mass is 35.5. The maximum Gasteiger partial charge on any atom is 0.237 e. The van der Waals surface area contributed by atoms with E-state index in [1.54, 1.807) is 11.9 Å². The number of sulfonamides is 1. The van der Waals surface area contributed by atoms with E-state index >= 15 is 0 Å². The highest BCUT2D eigenvalue weighted by Crippen LogP contribution is 2.09. The van der Waals surface area contributed by atoms with Crippen LogP contribution in [0.15, 0.2) is 0 Å². The van der Waals surface area contributed by atoms with Gasteiger partial charge in [0.2, 0.25) is 15.9 Å². The molecule has 0 saturated carbocycles. The van der Waals surface area contributed by atoms with Crippen LogP contribution < -0.4 is 10.0 Å². The minimum Gasteiger partial charge on any atom is -0.378 e. The Morgan fingerprint density at radius 3 is 2.50 bits per heavy atom. The first kappa shape index (κ1) is 21.6. The number of hydrogen-bond acceptors (Lipinski definition) is 5. The van der Waals surface area contributed by atoms with Gasteiger partial charge in [-0.05, 0) is 39.8 Å². The van der Waals surface area contributed by atoms with Gasteiger partial charge in [-0.1, -0.05) is 0 Å². The molecule has 0 aliphatic carbocycles. The molecular formula is C13H28ClN3O4S. The van der Waals surface area contributed by atoms with Crippen molar-refractivity contribution >= 4 is 28.3 Å². The summed E-state index contributed by atoms with van der Waals surface area (Å²) in [4.78, 5) is 13.7. The van der Waals surface area contributed by atoms with Crippen LogP contribution in [0.3, 0.4) is 0 Å². The molecule has 1 rings (SSSR count). The lowest BCUT2D eigenvalue weighted by Crippen LogP contribution is -2.47. The second-order valence-electron chi connectivity index (χ2n) is 5.55. The maximum atomic E-state index is 12.0. The Kier molecular flexibility index (Phi) is 10.2. The fourth-order valence-electron chi connectivity index (χ4n) is 2.16. The molecule has 0 atom stereocenters. The molecule has 0 aromatic carbocycles. The van der Waals surface area contributed by atoms with Gasteiger partial charge in [0.05, 0.1) is 25.0 Å². The summed E-state index contributed by atoms with van der Waals surface area (Å²) < 4.78 is 31.0. The van der Waals surface area contributed by atoms with Crippen molar-refractivity contribution in [3.05, 3.63) is 0 Å². The van der Waals surface area contributed by atoms with Crippen LogP contribution in [0.25, 0.3) is 0 Å². The van der Waals surface area contributed by atoms with E-state index < -0.39 is 10.0 Å². The molecule has 9 heteroatoms. The van der Waals surface area contributed by atoms with E-state index in [1.165, 1.54) is 0 Å². The zero-order valence-electron chi connectivity index (χ0n) is 13.5. The molecule has 7 nitrogen and oxygen atoms in total. The normalized spacial score (nSPS) is 16.4. The van der Waals surface area contributed by atoms with Crippen LogP contribution in [0.2, 0.25) is 0 Å². The third kappa shape index (κ3) is 8.28. The van der Waals surface area contributed by atoms with Crippen molar-refractivity contribution in [3.8, 4) is 0 Å². The topological polar surface area (TPSA) is 87.7 Å². The van der Waals surface area contributed by atoms with Gasteiger partial charge in [0.1, 0.15) is 0 Å². The lowest BCUT2D eigenvalue weighted by atomic mass is 10.1. The lowest BCUT2D eigenvalue weighted by molar-refractivity contribution is -0.131. The zero-order valence-corrected chi connectivity index (χ0v) is 15.1. The van der Waals surface area contributed by atoms with Crippen molar-refractivity contribution in [3.63, 3.8) is 0 Å². The number of nitrogens with one attached hydrogen (secondary N) is 2. The van der Waals surface area contributed by atoms with E-state index in [1.807, 2.05) is 13.8 Å². The van der Waals surface area contributed by atoms with Crippen LogP contribution >= 0.6 is 12.4 Å². The number of nitrogens with zero attached hydrogens (tertiary/aromatic N) is 1. The number of likely N-dealkylation sites (N-methyl/N-ethyl adjacent to an activating group) is 1. The molecule has 0 radical (unpaired) electrons. The van der Waals surface area contributed by atoms with Crippen molar-refractivity contribution in [2.45, 2.75) is 38.8 Å². The summed E-state index contributed by atoms with van der Waals surface area (Å²) in [6.07, 6.45) is 1.79. The molecule has 132 valence electrons. The molecule has 2 N–H and O–H groups in total. The van der Waals surface area contributed by atoms with Crippen molar-refractivity contribution < 1.29 is 17.9 Å². The van der Waals surface area contributed by atoms with Gasteiger partial charge < -0.3 is 15.0 Å². The average molecular weight is 358 g/mol. The summed E-state index contributed by atoms with van der Waals surface area (Å²) in [5.74, 6) is -0.328. The fourth-order valence-corrected chi connectivity index (χ4v) is 2.96. The highest BCUT2D eigenvalue weighted by molar-refractivity contribution is 7.89. The molecule has 0 spiro atoms. The standard InChI is InChI=1S/C13H27N3O4S.ClH/c1-11(2)20-8-9-21(18,19)15-10-13(17)16(3)12-4-6-14-7-5-12;/h11-12,14-15H,4-10H2,1-3H3;1H. The predicted octanol–water partition coefficient (Wildman–Crippen LogP) is -0.0370. The van der Waals surface area contributed by atoms with Crippen molar-refractivity contribution in [2.75, 3.05) is 39.0 Å². The number of carbonyl (C=O) groups excluding carboxylic acids is 1. The zero-order chi connectivity index (χ0) is 15.9. The SMILES string of the molecule is CC(C)OCCS(=O)(=O)NCC(=O)N(C)C1CCNCC1.Cl. The Labute approximate surface area is 139 Å². The third-order valence-electron chi connectivity index (χ3n) is 3.50. The van der Waals surface area contributed by atoms with Gasteiger partial charge >= 0.3 is 0 Å². The second kappa shape index (κ2) is 10.4. The summed E-state index contributed by atoms with van der Waals surface area (Å²) in [6.45, 7) is 5.41. The van der Waals surface area contributed by atoms with Crippen LogP contribution in [0.4, 0.5) is 0 Å². The number of piperidine rings is 1. The van der Waals surface area contributed by atoms with Gasteiger partial charge in [-0.15, -0.1) is 12.4 Å². The molecule has 1 amide bonds. The van der Waals surface area contributed by atoms with Crippen LogP contribution in [0, 0.1) is 0 Å². The highest BCUT2D eigenvalue weighted by Gasteiger charge is 2.22. The summed E-state index contributed by atoms with van der Waals surface area (Å²) in [5.41, 5.74) is 0. The molecule has 0 unspecified atom stereocenters. The van der Waals surface area contributed by atoms with Crippen LogP contribution in [0.5, 0.6) is 0 Å². The Bertz CT molecular complexity index is 425. The first-order valence-corrected chi connectivity index (χ1v) is 9.02. The van der Waals surface area contributed by atoms with Crippen LogP contribution in [0.1, 0.15) is 26.7 Å². The van der Waals surface area contributed by atoms with Gasteiger partial charge in [0.25, 0.3) is 0 Å². The van der Waals surface area contributed by atoms with E-state index in [4.69, 9.17) is 4.74 Å². The summed E-state index contributed by atoms with van der Waals surface area (Å²) in [6, 6.07) is 0.188. The minimum absolute atomic E-state index is 0. The quantitative estimate of drug-likeness (QED) is 0.636. The molecule has 0 aromatic heterocycles. The smallest absolute Gasteiger partial charge is 0.237 e. The van der Waals surface area contributed by atoms with E-state index in [-0.39, 0.29) is 49.4 Å². The van der Waals surface area contributed by atoms with E-state index in [9.17, 15) is 13.2 Å². The number of hydrogen-bond donors (Lipinski definition) is 2. The van der Waals surface area contributed by atoms with E-state index in [0.29, 0.717) is 0 Å². The number of ether oxygens (including phenoxy) is 1. The van der Waals surface area contributed by atoms with E-state index in [2.05, 4.69) is 10.0 Å². The Morgan fingerprint density at radius 1 is 1.36 bits per heavy atom. The predicted molar refractivity (Wildman–Crippen MR) is 88.8 cm³/mol. The first-order chi connectivity index (χ1) is 9.82. The Hall–Kier alpha value is -0.410. The molecule has 0 bridgehead atoms. The Morgan fingerprint density at radius 2 is 1.95 bits per heavy atom. The largest absolute Gasteiger partial charge is 0.378 e. The molecule has 1 aliphatic rings. The van der Waals surface area contributed by atoms with Gasteiger partial charge in [0, 0.05) is 13.1 Å². The second-order valence-corrected chi connectivity index (χ2v) is 7.47. The molecule has 22 heavy (non-hydrogen) atoms. The lowest BCUT2D eigenvalue weighted by Gasteiger charge is -2.31. The molecular weight excluding hydrogens is 330 g/mol. The molecule has 1 aliphatic heterocycles. The van der Waals surface area contributed by atoms with Crippen molar-refractivity contribution in [1.82, 2.24) is 14.9 Å². The summed E-state index contributed by atoms with van der Waals surface area (Å²) in [7, 11) is -1.74. The molecule has 0 aromatic rings. The third-order valence-corrected chi connectivity index (χ3v) is 4.78. The maximum absolute atomic E-state index is 12.0. The summed E-state index contributed by atoms with van der Waals surface area (Å²) in [5, 5.41) is 3.23. The van der Waals surface area contributed by atoms with Crippen molar-refractivity contribution in [2.24, 2.45) is 0 Å². The van der Waals surface area contributed by atoms with Gasteiger partial charge in [-0.25, -0.2) is 13.1 Å². The first-order valence-electron chi connectivity index (χ1n) is 7.37. The molecule has 1 fully saturated rings. The van der Waals surface area contributed by atoms with Crippen LogP contribution in [-0.2, 0) is 19.6 Å². The molecule has 1 heterocycles. The number of halogens is 1. The molecule has 1 saturated heterocycles. The van der Waals surface area contributed by atoms with Gasteiger partial charge in [-0.3, -0.25) is 4.79 Å². The fraction of sp³-hybridized carbons (Fsp3) is 0.923. The monoisotopic (exact) mass is 357 g/mol. The van der Waals surface area contributed by atoms with Gasteiger partial charge in [-0.2, -0.15) is 0 Å². The van der Waals surface area contributed by atoms with Crippen LogP contribution in [-0.4, -0.2) is 70.4 Å². The van der Waals surface area contributed by atoms with Gasteiger partial charge in [0.15, 0.2) is 0 Å². The Balaban J connectivity index is 0.00000441. The number of carbonyl (C=O) groups is 1. The summed E-state index contributed by atoms with van der Waals surface area (Å²) >= 11 is 0. The van der Waals surface area contributed by atoms with E-state index in [0.717, 1.165) is 25.9 Å².